The number of ether oxygens (including phenoxy) is 1. The van der Waals surface area contributed by atoms with Crippen molar-refractivity contribution in [1.29, 1.82) is 0 Å². The van der Waals surface area contributed by atoms with Crippen molar-refractivity contribution < 1.29 is 4.74 Å². The number of nitrogens with one attached hydrogen (secondary N) is 2. The van der Waals surface area contributed by atoms with Crippen LogP contribution in [0.5, 0.6) is 0 Å². The van der Waals surface area contributed by atoms with E-state index in [1.54, 1.807) is 11.3 Å². The molecule has 20 heavy (non-hydrogen) atoms. The molecule has 0 saturated carbocycles. The highest BCUT2D eigenvalue weighted by Gasteiger charge is 2.07. The number of hydrogen-bond donors (Lipinski definition) is 2. The lowest BCUT2D eigenvalue weighted by atomic mass is 10.2. The van der Waals surface area contributed by atoms with Crippen LogP contribution in [0.1, 0.15) is 31.7 Å². The van der Waals surface area contributed by atoms with Gasteiger partial charge in [0.1, 0.15) is 0 Å². The van der Waals surface area contributed by atoms with E-state index in [0.29, 0.717) is 0 Å². The molecule has 0 amide bonds. The predicted molar refractivity (Wildman–Crippen MR) is 84.0 cm³/mol. The van der Waals surface area contributed by atoms with Crippen LogP contribution in [-0.4, -0.2) is 30.0 Å². The molecule has 2 N–H and O–H groups in total. The lowest BCUT2D eigenvalue weighted by molar-refractivity contribution is 0.129. The van der Waals surface area contributed by atoms with Gasteiger partial charge in [0.2, 0.25) is 0 Å². The lowest BCUT2D eigenvalue weighted by Gasteiger charge is -2.06. The molecular formula is C15H23N3OS. The van der Waals surface area contributed by atoms with Crippen LogP contribution in [0.25, 0.3) is 10.6 Å². The number of nitrogens with zero attached hydrogens (tertiary/aromatic N) is 1. The van der Waals surface area contributed by atoms with Crippen LogP contribution < -0.4 is 5.32 Å². The van der Waals surface area contributed by atoms with Crippen LogP contribution >= 0.6 is 11.3 Å². The largest absolute Gasteiger partial charge is 0.381 e. The number of hydrogen-bond acceptors (Lipinski definition) is 4. The first-order chi connectivity index (χ1) is 9.92. The van der Waals surface area contributed by atoms with Crippen LogP contribution in [0.4, 0.5) is 0 Å². The molecule has 0 aliphatic heterocycles. The lowest BCUT2D eigenvalue weighted by Crippen LogP contribution is -2.16. The highest BCUT2D eigenvalue weighted by molar-refractivity contribution is 7.13. The average Bonchev–Trinajstić information content (AvgIpc) is 3.11. The highest BCUT2D eigenvalue weighted by Crippen LogP contribution is 2.25. The Morgan fingerprint density at radius 3 is 3.05 bits per heavy atom. The molecule has 110 valence electrons. The van der Waals surface area contributed by atoms with Gasteiger partial charge in [-0.3, -0.25) is 5.10 Å². The second-order valence-electron chi connectivity index (χ2n) is 4.74. The van der Waals surface area contributed by atoms with E-state index in [1.165, 1.54) is 16.9 Å². The highest BCUT2D eigenvalue weighted by atomic mass is 32.1. The van der Waals surface area contributed by atoms with Gasteiger partial charge >= 0.3 is 0 Å². The summed E-state index contributed by atoms with van der Waals surface area (Å²) >= 11 is 1.73. The summed E-state index contributed by atoms with van der Waals surface area (Å²) in [6.07, 6.45) is 5.31. The Bertz CT molecular complexity index is 467. The zero-order valence-electron chi connectivity index (χ0n) is 12.0. The first-order valence-corrected chi connectivity index (χ1v) is 8.14. The van der Waals surface area contributed by atoms with Crippen LogP contribution in [0.3, 0.4) is 0 Å². The molecule has 2 aromatic rings. The van der Waals surface area contributed by atoms with Gasteiger partial charge in [0, 0.05) is 25.3 Å². The monoisotopic (exact) mass is 293 g/mol. The van der Waals surface area contributed by atoms with Gasteiger partial charge in [-0.25, -0.2) is 0 Å². The van der Waals surface area contributed by atoms with Crippen molar-refractivity contribution in [3.05, 3.63) is 29.3 Å². The van der Waals surface area contributed by atoms with Gasteiger partial charge in [-0.15, -0.1) is 11.3 Å². The molecule has 0 spiro atoms. The third kappa shape index (κ3) is 4.74. The predicted octanol–water partition coefficient (Wildman–Crippen LogP) is 3.43. The molecule has 0 bridgehead atoms. The molecule has 0 saturated heterocycles. The first-order valence-electron chi connectivity index (χ1n) is 7.26. The second kappa shape index (κ2) is 8.89. The van der Waals surface area contributed by atoms with Gasteiger partial charge in [-0.05, 0) is 30.8 Å². The molecule has 0 unspecified atom stereocenters. The summed E-state index contributed by atoms with van der Waals surface area (Å²) in [6.45, 7) is 5.73. The normalized spacial score (nSPS) is 11.1. The number of aromatic nitrogens is 2. The first kappa shape index (κ1) is 15.2. The Balaban J connectivity index is 1.64. The minimum absolute atomic E-state index is 0.843. The van der Waals surface area contributed by atoms with Crippen molar-refractivity contribution in [2.45, 2.75) is 32.7 Å². The Morgan fingerprint density at radius 1 is 1.35 bits per heavy atom. The van der Waals surface area contributed by atoms with Gasteiger partial charge in [0.15, 0.2) is 0 Å². The van der Waals surface area contributed by atoms with Gasteiger partial charge in [0.25, 0.3) is 0 Å². The Morgan fingerprint density at radius 2 is 2.25 bits per heavy atom. The average molecular weight is 293 g/mol. The number of rotatable bonds is 10. The maximum atomic E-state index is 5.54. The fraction of sp³-hybridized carbons (Fsp3) is 0.533. The molecule has 0 aliphatic carbocycles. The molecule has 0 fully saturated rings. The topological polar surface area (TPSA) is 49.9 Å². The van der Waals surface area contributed by atoms with Crippen molar-refractivity contribution in [1.82, 2.24) is 15.5 Å². The summed E-state index contributed by atoms with van der Waals surface area (Å²) < 4.78 is 5.54. The van der Waals surface area contributed by atoms with Gasteiger partial charge in [-0.2, -0.15) is 5.10 Å². The SMILES string of the molecule is CCCCOCCCNCc1cn[nH]c1-c1cccs1. The number of H-pyrrole nitrogens is 1. The fourth-order valence-corrected chi connectivity index (χ4v) is 2.71. The van der Waals surface area contributed by atoms with Gasteiger partial charge < -0.3 is 10.1 Å². The third-order valence-corrected chi connectivity index (χ3v) is 3.97. The van der Waals surface area contributed by atoms with Crippen LogP contribution in [0.15, 0.2) is 23.7 Å². The van der Waals surface area contributed by atoms with E-state index in [-0.39, 0.29) is 0 Å². The molecule has 0 radical (unpaired) electrons. The van der Waals surface area contributed by atoms with E-state index in [0.717, 1.165) is 44.8 Å². The number of aromatic amines is 1. The fourth-order valence-electron chi connectivity index (χ4n) is 1.95. The van der Waals surface area contributed by atoms with Gasteiger partial charge in [-0.1, -0.05) is 19.4 Å². The summed E-state index contributed by atoms with van der Waals surface area (Å²) in [7, 11) is 0. The molecule has 0 aliphatic rings. The minimum atomic E-state index is 0.843. The van der Waals surface area contributed by atoms with Crippen molar-refractivity contribution in [2.75, 3.05) is 19.8 Å². The Labute approximate surface area is 124 Å². The zero-order valence-corrected chi connectivity index (χ0v) is 12.8. The Kier molecular flexibility index (Phi) is 6.77. The summed E-state index contributed by atoms with van der Waals surface area (Å²) in [4.78, 5) is 1.24. The number of thiophene rings is 1. The van der Waals surface area contributed by atoms with E-state index in [9.17, 15) is 0 Å². The van der Waals surface area contributed by atoms with Crippen LogP contribution in [0.2, 0.25) is 0 Å². The van der Waals surface area contributed by atoms with E-state index >= 15 is 0 Å². The smallest absolute Gasteiger partial charge is 0.0794 e. The van der Waals surface area contributed by atoms with Crippen molar-refractivity contribution in [3.63, 3.8) is 0 Å². The van der Waals surface area contributed by atoms with E-state index in [2.05, 4.69) is 40.0 Å². The maximum absolute atomic E-state index is 5.54. The van der Waals surface area contributed by atoms with Crippen molar-refractivity contribution in [3.8, 4) is 10.6 Å². The van der Waals surface area contributed by atoms with Crippen molar-refractivity contribution in [2.24, 2.45) is 0 Å². The summed E-state index contributed by atoms with van der Waals surface area (Å²) in [5.41, 5.74) is 2.35. The van der Waals surface area contributed by atoms with Crippen LogP contribution in [-0.2, 0) is 11.3 Å². The van der Waals surface area contributed by atoms with E-state index in [1.807, 2.05) is 6.20 Å². The Hall–Kier alpha value is -1.17. The molecule has 2 rings (SSSR count). The summed E-state index contributed by atoms with van der Waals surface area (Å²) in [5, 5.41) is 12.8. The summed E-state index contributed by atoms with van der Waals surface area (Å²) in [6, 6.07) is 4.18. The molecule has 2 aromatic heterocycles. The van der Waals surface area contributed by atoms with Crippen molar-refractivity contribution >= 4 is 11.3 Å². The maximum Gasteiger partial charge on any atom is 0.0794 e. The zero-order chi connectivity index (χ0) is 14.0. The third-order valence-electron chi connectivity index (χ3n) is 3.09. The molecule has 5 heteroatoms. The summed E-state index contributed by atoms with van der Waals surface area (Å²) in [5.74, 6) is 0. The molecule has 0 atom stereocenters. The molecular weight excluding hydrogens is 270 g/mol. The second-order valence-corrected chi connectivity index (χ2v) is 5.69. The number of unbranched alkanes of at least 4 members (excludes halogenated alkanes) is 1. The molecule has 0 aromatic carbocycles. The minimum Gasteiger partial charge on any atom is -0.381 e. The molecule has 4 nitrogen and oxygen atoms in total. The quantitative estimate of drug-likeness (QED) is 0.660. The van der Waals surface area contributed by atoms with E-state index in [4.69, 9.17) is 4.74 Å². The van der Waals surface area contributed by atoms with Crippen LogP contribution in [0, 0.1) is 0 Å². The standard InChI is InChI=1S/C15H23N3OS/c1-2-3-8-19-9-5-7-16-11-13-12-17-18-15(13)14-6-4-10-20-14/h4,6,10,12,16H,2-3,5,7-9,11H2,1H3,(H,17,18). The van der Waals surface area contributed by atoms with Gasteiger partial charge in [0.05, 0.1) is 16.8 Å². The molecule has 2 heterocycles. The van der Waals surface area contributed by atoms with E-state index < -0.39 is 0 Å².